The van der Waals surface area contributed by atoms with Crippen LogP contribution in [0.25, 0.3) is 0 Å². The lowest BCUT2D eigenvalue weighted by atomic mass is 9.89. The number of carbonyl (C=O) groups is 3. The fourth-order valence-corrected chi connectivity index (χ4v) is 2.03. The molecule has 3 amide bonds. The molecule has 0 unspecified atom stereocenters. The molecule has 0 aliphatic heterocycles. The van der Waals surface area contributed by atoms with E-state index in [9.17, 15) is 14.4 Å². The van der Waals surface area contributed by atoms with Crippen molar-refractivity contribution in [1.29, 1.82) is 0 Å². The molecule has 1 rings (SSSR count). The average molecular weight is 321 g/mol. The number of hydrogen-bond acceptors (Lipinski definition) is 4. The smallest absolute Gasteiger partial charge is 0.321 e. The van der Waals surface area contributed by atoms with Gasteiger partial charge < -0.3 is 15.4 Å². The van der Waals surface area contributed by atoms with E-state index in [0.717, 1.165) is 0 Å². The van der Waals surface area contributed by atoms with E-state index < -0.39 is 11.4 Å². The van der Waals surface area contributed by atoms with Crippen LogP contribution in [0.3, 0.4) is 0 Å². The lowest BCUT2D eigenvalue weighted by Crippen LogP contribution is -2.34. The van der Waals surface area contributed by atoms with Gasteiger partial charge in [0.1, 0.15) is 0 Å². The second kappa shape index (κ2) is 7.62. The van der Waals surface area contributed by atoms with Crippen LogP contribution in [0.15, 0.2) is 24.3 Å². The van der Waals surface area contributed by atoms with Crippen molar-refractivity contribution in [2.24, 2.45) is 5.41 Å². The summed E-state index contributed by atoms with van der Waals surface area (Å²) in [5, 5.41) is 5.25. The number of rotatable bonds is 5. The Morgan fingerprint density at radius 2 is 1.91 bits per heavy atom. The van der Waals surface area contributed by atoms with Gasteiger partial charge in [-0.25, -0.2) is 4.79 Å². The van der Waals surface area contributed by atoms with Crippen LogP contribution in [-0.2, 0) is 14.3 Å². The molecule has 0 heterocycles. The Hall–Kier alpha value is -2.57. The van der Waals surface area contributed by atoms with E-state index in [2.05, 4.69) is 15.4 Å². The van der Waals surface area contributed by atoms with Crippen LogP contribution in [-0.4, -0.2) is 39.1 Å². The van der Waals surface area contributed by atoms with Crippen LogP contribution in [0, 0.1) is 5.41 Å². The van der Waals surface area contributed by atoms with E-state index in [1.165, 1.54) is 12.0 Å². The van der Waals surface area contributed by atoms with Crippen LogP contribution in [0.2, 0.25) is 0 Å². The van der Waals surface area contributed by atoms with Gasteiger partial charge in [0.25, 0.3) is 0 Å². The van der Waals surface area contributed by atoms with Crippen molar-refractivity contribution in [2.75, 3.05) is 31.4 Å². The molecule has 0 saturated heterocycles. The first kappa shape index (κ1) is 18.5. The molecule has 0 bridgehead atoms. The molecule has 0 radical (unpaired) electrons. The number of anilines is 2. The molecule has 7 heteroatoms. The Morgan fingerprint density at radius 3 is 2.48 bits per heavy atom. The molecule has 0 spiro atoms. The minimum Gasteiger partial charge on any atom is -0.469 e. The molecule has 0 aliphatic rings. The topological polar surface area (TPSA) is 87.7 Å². The number of urea groups is 1. The second-order valence-corrected chi connectivity index (χ2v) is 5.76. The summed E-state index contributed by atoms with van der Waals surface area (Å²) in [6.07, 6.45) is -0.00478. The number of esters is 1. The minimum absolute atomic E-state index is 0.00478. The fraction of sp³-hybridized carbons (Fsp3) is 0.438. The van der Waals surface area contributed by atoms with E-state index in [1.807, 2.05) is 0 Å². The zero-order valence-corrected chi connectivity index (χ0v) is 14.1. The van der Waals surface area contributed by atoms with Gasteiger partial charge in [0.15, 0.2) is 0 Å². The fourth-order valence-electron chi connectivity index (χ4n) is 2.03. The molecule has 23 heavy (non-hydrogen) atoms. The van der Waals surface area contributed by atoms with Crippen LogP contribution in [0.1, 0.15) is 20.3 Å². The molecule has 0 aliphatic carbocycles. The van der Waals surface area contributed by atoms with Gasteiger partial charge in [0.2, 0.25) is 5.91 Å². The van der Waals surface area contributed by atoms with Gasteiger partial charge in [-0.2, -0.15) is 0 Å². The van der Waals surface area contributed by atoms with Gasteiger partial charge in [0, 0.05) is 31.9 Å². The minimum atomic E-state index is -0.907. The Labute approximate surface area is 136 Å². The van der Waals surface area contributed by atoms with Crippen LogP contribution in [0.4, 0.5) is 16.2 Å². The molecule has 0 aromatic heterocycles. The highest BCUT2D eigenvalue weighted by atomic mass is 16.5. The van der Waals surface area contributed by atoms with Crippen molar-refractivity contribution in [3.8, 4) is 0 Å². The molecule has 126 valence electrons. The summed E-state index contributed by atoms with van der Waals surface area (Å²) in [7, 11) is 4.46. The van der Waals surface area contributed by atoms with Crippen molar-refractivity contribution in [3.05, 3.63) is 24.3 Å². The maximum absolute atomic E-state index is 12.1. The number of nitrogens with one attached hydrogen (secondary N) is 2. The number of benzene rings is 1. The number of methoxy groups -OCH3 is 1. The molecular formula is C16H23N3O4. The molecule has 7 nitrogen and oxygen atoms in total. The van der Waals surface area contributed by atoms with Gasteiger partial charge in [-0.15, -0.1) is 0 Å². The normalized spacial score (nSPS) is 10.7. The number of amides is 3. The summed E-state index contributed by atoms with van der Waals surface area (Å²) in [4.78, 5) is 36.8. The van der Waals surface area contributed by atoms with Gasteiger partial charge in [0.05, 0.1) is 12.5 Å². The number of nitrogens with zero attached hydrogens (tertiary/aromatic N) is 1. The van der Waals surface area contributed by atoms with Crippen LogP contribution in [0.5, 0.6) is 0 Å². The maximum atomic E-state index is 12.1. The predicted molar refractivity (Wildman–Crippen MR) is 88.3 cm³/mol. The Kier molecular flexibility index (Phi) is 6.12. The summed E-state index contributed by atoms with van der Waals surface area (Å²) in [5.41, 5.74) is 0.272. The first-order chi connectivity index (χ1) is 10.7. The Balaban J connectivity index is 2.80. The largest absolute Gasteiger partial charge is 0.469 e. The van der Waals surface area contributed by atoms with Crippen molar-refractivity contribution in [2.45, 2.75) is 20.3 Å². The Morgan fingerprint density at radius 1 is 1.26 bits per heavy atom. The molecule has 1 aromatic rings. The van der Waals surface area contributed by atoms with Gasteiger partial charge in [-0.1, -0.05) is 6.07 Å². The zero-order valence-electron chi connectivity index (χ0n) is 14.1. The summed E-state index contributed by atoms with van der Waals surface area (Å²) in [6.45, 7) is 3.29. The first-order valence-electron chi connectivity index (χ1n) is 7.15. The quantitative estimate of drug-likeness (QED) is 0.812. The monoisotopic (exact) mass is 321 g/mol. The van der Waals surface area contributed by atoms with Crippen LogP contribution < -0.4 is 15.5 Å². The predicted octanol–water partition coefficient (Wildman–Crippen LogP) is 1.99. The van der Waals surface area contributed by atoms with Gasteiger partial charge in [-0.3, -0.25) is 14.5 Å². The zero-order chi connectivity index (χ0) is 17.6. The number of hydrogen-bond donors (Lipinski definition) is 2. The molecule has 2 N–H and O–H groups in total. The SMILES string of the molecule is CNC(=O)N(C)c1cccc(NC(=O)CC(C)(C)C(=O)OC)c1. The van der Waals surface area contributed by atoms with E-state index in [1.54, 1.807) is 52.2 Å². The molecule has 0 atom stereocenters. The third-order valence-electron chi connectivity index (χ3n) is 3.38. The summed E-state index contributed by atoms with van der Waals surface area (Å²) in [5.74, 6) is -0.749. The second-order valence-electron chi connectivity index (χ2n) is 5.76. The number of carbonyl (C=O) groups excluding carboxylic acids is 3. The molecular weight excluding hydrogens is 298 g/mol. The maximum Gasteiger partial charge on any atom is 0.321 e. The van der Waals surface area contributed by atoms with Crippen LogP contribution >= 0.6 is 0 Å². The lowest BCUT2D eigenvalue weighted by molar-refractivity contribution is -0.152. The standard InChI is InChI=1S/C16H23N3O4/c1-16(2,14(21)23-5)10-13(20)18-11-7-6-8-12(9-11)19(4)15(22)17-3/h6-9H,10H2,1-5H3,(H,17,22)(H,18,20). The number of ether oxygens (including phenoxy) is 1. The summed E-state index contributed by atoms with van der Waals surface area (Å²) >= 11 is 0. The van der Waals surface area contributed by atoms with Crippen molar-refractivity contribution < 1.29 is 19.1 Å². The first-order valence-corrected chi connectivity index (χ1v) is 7.15. The van der Waals surface area contributed by atoms with E-state index >= 15 is 0 Å². The lowest BCUT2D eigenvalue weighted by Gasteiger charge is -2.21. The third-order valence-corrected chi connectivity index (χ3v) is 3.38. The highest BCUT2D eigenvalue weighted by Gasteiger charge is 2.31. The highest BCUT2D eigenvalue weighted by Crippen LogP contribution is 2.24. The highest BCUT2D eigenvalue weighted by molar-refractivity contribution is 5.96. The molecule has 1 aromatic carbocycles. The van der Waals surface area contributed by atoms with E-state index in [0.29, 0.717) is 11.4 Å². The average Bonchev–Trinajstić information content (AvgIpc) is 2.51. The summed E-state index contributed by atoms with van der Waals surface area (Å²) < 4.78 is 4.69. The Bertz CT molecular complexity index is 599. The van der Waals surface area contributed by atoms with Gasteiger partial charge >= 0.3 is 12.0 Å². The third kappa shape index (κ3) is 4.98. The van der Waals surface area contributed by atoms with E-state index in [-0.39, 0.29) is 18.4 Å². The van der Waals surface area contributed by atoms with E-state index in [4.69, 9.17) is 0 Å². The molecule has 0 saturated carbocycles. The van der Waals surface area contributed by atoms with Crippen molar-refractivity contribution in [1.82, 2.24) is 5.32 Å². The van der Waals surface area contributed by atoms with Gasteiger partial charge in [-0.05, 0) is 32.0 Å². The molecule has 0 fully saturated rings. The van der Waals surface area contributed by atoms with Crippen molar-refractivity contribution in [3.63, 3.8) is 0 Å². The summed E-state index contributed by atoms with van der Waals surface area (Å²) in [6, 6.07) is 6.61. The van der Waals surface area contributed by atoms with Crippen molar-refractivity contribution >= 4 is 29.3 Å².